The molecule has 2 aliphatic heterocycles. The topological polar surface area (TPSA) is 99.8 Å². The fourth-order valence-corrected chi connectivity index (χ4v) is 3.91. The first kappa shape index (κ1) is 21.8. The zero-order chi connectivity index (χ0) is 22.5. The van der Waals surface area contributed by atoms with Gasteiger partial charge in [-0.15, -0.1) is 0 Å². The highest BCUT2D eigenvalue weighted by atomic mass is 16.5. The van der Waals surface area contributed by atoms with Crippen LogP contribution < -0.4 is 20.7 Å². The van der Waals surface area contributed by atoms with Crippen LogP contribution in [-0.2, 0) is 17.9 Å². The van der Waals surface area contributed by atoms with E-state index in [9.17, 15) is 14.4 Å². The van der Waals surface area contributed by atoms with Gasteiger partial charge in [0.1, 0.15) is 18.4 Å². The van der Waals surface area contributed by atoms with E-state index in [1.165, 1.54) is 4.90 Å². The Hall–Kier alpha value is -3.39. The molecule has 2 heterocycles. The molecular weight excluding hydrogens is 408 g/mol. The molecule has 2 aromatic carbocycles. The molecule has 0 radical (unpaired) electrons. The number of carbonyl (C=O) groups excluding carboxylic acids is 3. The highest BCUT2D eigenvalue weighted by Crippen LogP contribution is 2.18. The van der Waals surface area contributed by atoms with E-state index in [1.54, 1.807) is 6.07 Å². The Bertz CT molecular complexity index is 1000. The third kappa shape index (κ3) is 5.45. The number of piperidine rings is 1. The highest BCUT2D eigenvalue weighted by molar-refractivity contribution is 6.01. The minimum Gasteiger partial charge on any atom is -0.490 e. The van der Waals surface area contributed by atoms with Gasteiger partial charge >= 0.3 is 6.03 Å². The molecule has 0 bridgehead atoms. The van der Waals surface area contributed by atoms with E-state index in [4.69, 9.17) is 4.74 Å². The average Bonchev–Trinajstić information content (AvgIpc) is 3.11. The summed E-state index contributed by atoms with van der Waals surface area (Å²) in [6, 6.07) is 12.9. The van der Waals surface area contributed by atoms with E-state index in [0.717, 1.165) is 48.4 Å². The molecule has 3 N–H and O–H groups in total. The number of benzene rings is 2. The lowest BCUT2D eigenvalue weighted by Gasteiger charge is -2.23. The maximum Gasteiger partial charge on any atom is 0.324 e. The molecule has 0 atom stereocenters. The van der Waals surface area contributed by atoms with Crippen LogP contribution in [0.4, 0.5) is 4.79 Å². The molecule has 8 heteroatoms. The second-order valence-electron chi connectivity index (χ2n) is 8.25. The standard InChI is InChI=1S/C24H28N4O4/c1-16-2-3-18(14-28-15-22(29)27-24(28)31)12-21(16)23(30)26-13-17-4-6-19(7-5-17)32-20-8-10-25-11-9-20/h2-7,12,20,25H,8-11,13-15H2,1H3,(H,26,30)(H,27,29,31). The number of aryl methyl sites for hydroxylation is 1. The molecule has 0 aliphatic carbocycles. The van der Waals surface area contributed by atoms with E-state index in [2.05, 4.69) is 16.0 Å². The molecule has 2 aliphatic rings. The Morgan fingerprint density at radius 1 is 1.09 bits per heavy atom. The lowest BCUT2D eigenvalue weighted by molar-refractivity contribution is -0.118. The SMILES string of the molecule is Cc1ccc(CN2CC(=O)NC2=O)cc1C(=O)NCc1ccc(OC2CCNCC2)cc1. The summed E-state index contributed by atoms with van der Waals surface area (Å²) in [5.41, 5.74) is 3.18. The molecule has 168 valence electrons. The van der Waals surface area contributed by atoms with E-state index in [-0.39, 0.29) is 31.0 Å². The molecule has 0 unspecified atom stereocenters. The van der Waals surface area contributed by atoms with Gasteiger partial charge in [0, 0.05) is 18.7 Å². The van der Waals surface area contributed by atoms with Crippen LogP contribution in [0.15, 0.2) is 42.5 Å². The van der Waals surface area contributed by atoms with Crippen LogP contribution in [0.3, 0.4) is 0 Å². The second kappa shape index (κ2) is 9.82. The van der Waals surface area contributed by atoms with Crippen molar-refractivity contribution in [3.05, 3.63) is 64.7 Å². The van der Waals surface area contributed by atoms with Gasteiger partial charge in [0.2, 0.25) is 5.91 Å². The lowest BCUT2D eigenvalue weighted by Crippen LogP contribution is -2.34. The van der Waals surface area contributed by atoms with Crippen LogP contribution in [0.2, 0.25) is 0 Å². The molecule has 8 nitrogen and oxygen atoms in total. The van der Waals surface area contributed by atoms with Gasteiger partial charge in [0.15, 0.2) is 0 Å². The monoisotopic (exact) mass is 436 g/mol. The summed E-state index contributed by atoms with van der Waals surface area (Å²) in [7, 11) is 0. The van der Waals surface area contributed by atoms with Crippen molar-refractivity contribution in [1.82, 2.24) is 20.9 Å². The lowest BCUT2D eigenvalue weighted by atomic mass is 10.0. The summed E-state index contributed by atoms with van der Waals surface area (Å²) in [4.78, 5) is 37.4. The van der Waals surface area contributed by atoms with Crippen LogP contribution in [0, 0.1) is 6.92 Å². The van der Waals surface area contributed by atoms with Crippen molar-refractivity contribution in [3.8, 4) is 5.75 Å². The molecular formula is C24H28N4O4. The minimum absolute atomic E-state index is 0.0333. The van der Waals surface area contributed by atoms with Crippen molar-refractivity contribution >= 4 is 17.8 Å². The van der Waals surface area contributed by atoms with Gasteiger partial charge in [-0.3, -0.25) is 14.9 Å². The third-order valence-electron chi connectivity index (χ3n) is 5.75. The van der Waals surface area contributed by atoms with Crippen molar-refractivity contribution in [2.75, 3.05) is 19.6 Å². The molecule has 2 aromatic rings. The molecule has 4 amide bonds. The summed E-state index contributed by atoms with van der Waals surface area (Å²) >= 11 is 0. The van der Waals surface area contributed by atoms with E-state index < -0.39 is 6.03 Å². The van der Waals surface area contributed by atoms with Crippen molar-refractivity contribution in [2.24, 2.45) is 0 Å². The van der Waals surface area contributed by atoms with Crippen LogP contribution >= 0.6 is 0 Å². The molecule has 2 saturated heterocycles. The zero-order valence-electron chi connectivity index (χ0n) is 18.1. The normalized spacial score (nSPS) is 16.7. The summed E-state index contributed by atoms with van der Waals surface area (Å²) in [5, 5.41) is 8.54. The second-order valence-corrected chi connectivity index (χ2v) is 8.25. The number of rotatable bonds is 7. The molecule has 4 rings (SSSR count). The Labute approximate surface area is 187 Å². The first-order valence-electron chi connectivity index (χ1n) is 10.9. The quantitative estimate of drug-likeness (QED) is 0.578. The van der Waals surface area contributed by atoms with E-state index in [1.807, 2.05) is 43.3 Å². The van der Waals surface area contributed by atoms with Crippen LogP contribution in [0.25, 0.3) is 0 Å². The minimum atomic E-state index is -0.408. The zero-order valence-corrected chi connectivity index (χ0v) is 18.1. The van der Waals surface area contributed by atoms with Gasteiger partial charge in [0.25, 0.3) is 5.91 Å². The van der Waals surface area contributed by atoms with Gasteiger partial charge in [-0.25, -0.2) is 4.79 Å². The van der Waals surface area contributed by atoms with Gasteiger partial charge in [0.05, 0.1) is 0 Å². The van der Waals surface area contributed by atoms with Crippen molar-refractivity contribution in [3.63, 3.8) is 0 Å². The number of carbonyl (C=O) groups is 3. The van der Waals surface area contributed by atoms with E-state index >= 15 is 0 Å². The Morgan fingerprint density at radius 3 is 2.50 bits per heavy atom. The Kier molecular flexibility index (Phi) is 6.70. The summed E-state index contributed by atoms with van der Waals surface area (Å²) in [6.45, 7) is 4.55. The fraction of sp³-hybridized carbons (Fsp3) is 0.375. The molecule has 0 saturated carbocycles. The fourth-order valence-electron chi connectivity index (χ4n) is 3.91. The molecule has 32 heavy (non-hydrogen) atoms. The number of nitrogens with zero attached hydrogens (tertiary/aromatic N) is 1. The van der Waals surface area contributed by atoms with Crippen LogP contribution in [-0.4, -0.2) is 48.5 Å². The number of nitrogens with one attached hydrogen (secondary N) is 3. The molecule has 0 spiro atoms. The summed E-state index contributed by atoms with van der Waals surface area (Å²) in [6.07, 6.45) is 2.27. The van der Waals surface area contributed by atoms with Gasteiger partial charge in [-0.2, -0.15) is 0 Å². The number of urea groups is 1. The maximum absolute atomic E-state index is 12.8. The van der Waals surface area contributed by atoms with Gasteiger partial charge in [-0.05, 0) is 67.7 Å². The van der Waals surface area contributed by atoms with Crippen molar-refractivity contribution < 1.29 is 19.1 Å². The van der Waals surface area contributed by atoms with Gasteiger partial charge < -0.3 is 20.3 Å². The largest absolute Gasteiger partial charge is 0.490 e. The summed E-state index contributed by atoms with van der Waals surface area (Å²) in [5.74, 6) is 0.355. The van der Waals surface area contributed by atoms with Crippen molar-refractivity contribution in [1.29, 1.82) is 0 Å². The Balaban J connectivity index is 1.33. The maximum atomic E-state index is 12.8. The predicted octanol–water partition coefficient (Wildman–Crippen LogP) is 2.11. The van der Waals surface area contributed by atoms with Gasteiger partial charge in [-0.1, -0.05) is 24.3 Å². The Morgan fingerprint density at radius 2 is 1.81 bits per heavy atom. The predicted molar refractivity (Wildman–Crippen MR) is 119 cm³/mol. The number of hydrogen-bond acceptors (Lipinski definition) is 5. The average molecular weight is 437 g/mol. The number of imide groups is 1. The van der Waals surface area contributed by atoms with Crippen LogP contribution in [0.1, 0.15) is 39.9 Å². The molecule has 2 fully saturated rings. The smallest absolute Gasteiger partial charge is 0.324 e. The number of hydrogen-bond donors (Lipinski definition) is 3. The van der Waals surface area contributed by atoms with E-state index in [0.29, 0.717) is 12.1 Å². The third-order valence-corrected chi connectivity index (χ3v) is 5.75. The highest BCUT2D eigenvalue weighted by Gasteiger charge is 2.26. The van der Waals surface area contributed by atoms with Crippen LogP contribution in [0.5, 0.6) is 5.75 Å². The first-order chi connectivity index (χ1) is 15.5. The first-order valence-corrected chi connectivity index (χ1v) is 10.9. The molecule has 0 aromatic heterocycles. The number of amides is 4. The number of ether oxygens (including phenoxy) is 1. The summed E-state index contributed by atoms with van der Waals surface area (Å²) < 4.78 is 6.02. The van der Waals surface area contributed by atoms with Crippen molar-refractivity contribution in [2.45, 2.75) is 39.0 Å².